The van der Waals surface area contributed by atoms with Crippen LogP contribution in [0.1, 0.15) is 11.6 Å². The molecule has 1 aliphatic rings. The van der Waals surface area contributed by atoms with E-state index in [0.29, 0.717) is 11.5 Å². The van der Waals surface area contributed by atoms with Gasteiger partial charge in [-0.25, -0.2) is 0 Å². The van der Waals surface area contributed by atoms with Crippen LogP contribution in [0, 0.1) is 5.92 Å². The van der Waals surface area contributed by atoms with E-state index in [4.69, 9.17) is 9.47 Å². The molecule has 25 heavy (non-hydrogen) atoms. The second-order valence-electron chi connectivity index (χ2n) is 5.92. The van der Waals surface area contributed by atoms with Crippen molar-refractivity contribution in [1.82, 2.24) is 0 Å². The van der Waals surface area contributed by atoms with E-state index in [0.717, 1.165) is 11.3 Å². The van der Waals surface area contributed by atoms with Crippen LogP contribution < -0.4 is 14.8 Å². The first-order chi connectivity index (χ1) is 12.2. The molecular weight excluding hydrogens is 310 g/mol. The number of anilines is 1. The lowest BCUT2D eigenvalue weighted by Gasteiger charge is -2.30. The van der Waals surface area contributed by atoms with Crippen molar-refractivity contribution in [1.29, 1.82) is 0 Å². The predicted molar refractivity (Wildman–Crippen MR) is 103 cm³/mol. The molecule has 0 aliphatic heterocycles. The van der Waals surface area contributed by atoms with Gasteiger partial charge in [0.15, 0.2) is 11.5 Å². The van der Waals surface area contributed by atoms with Gasteiger partial charge in [-0.05, 0) is 23.3 Å². The van der Waals surface area contributed by atoms with Crippen LogP contribution in [-0.2, 0) is 0 Å². The zero-order valence-corrected chi connectivity index (χ0v) is 14.6. The Morgan fingerprint density at radius 3 is 2.44 bits per heavy atom. The Morgan fingerprint density at radius 1 is 0.960 bits per heavy atom. The summed E-state index contributed by atoms with van der Waals surface area (Å²) in [6, 6.07) is 16.3. The summed E-state index contributed by atoms with van der Waals surface area (Å²) < 4.78 is 11.0. The maximum atomic E-state index is 5.58. The van der Waals surface area contributed by atoms with Crippen LogP contribution in [-0.4, -0.2) is 14.2 Å². The third-order valence-electron chi connectivity index (χ3n) is 4.40. The van der Waals surface area contributed by atoms with Gasteiger partial charge in [0, 0.05) is 5.92 Å². The summed E-state index contributed by atoms with van der Waals surface area (Å²) in [6.45, 7) is 4.23. The zero-order valence-electron chi connectivity index (χ0n) is 14.6. The van der Waals surface area contributed by atoms with Crippen LogP contribution in [0.4, 0.5) is 5.69 Å². The van der Waals surface area contributed by atoms with Gasteiger partial charge in [-0.15, -0.1) is 0 Å². The highest BCUT2D eigenvalue weighted by Gasteiger charge is 2.25. The van der Waals surface area contributed by atoms with Gasteiger partial charge in [-0.1, -0.05) is 67.3 Å². The number of ether oxygens (including phenoxy) is 2. The molecule has 0 aromatic heterocycles. The van der Waals surface area contributed by atoms with Crippen molar-refractivity contribution in [2.24, 2.45) is 5.92 Å². The molecule has 0 bridgehead atoms. The number of hydrogen-bond donors (Lipinski definition) is 1. The second-order valence-corrected chi connectivity index (χ2v) is 5.92. The number of allylic oxidation sites excluding steroid dienone is 3. The smallest absolute Gasteiger partial charge is 0.183 e. The minimum Gasteiger partial charge on any atom is -0.493 e. The molecule has 3 heteroatoms. The van der Waals surface area contributed by atoms with Crippen molar-refractivity contribution in [3.8, 4) is 11.5 Å². The maximum Gasteiger partial charge on any atom is 0.183 e. The molecule has 0 saturated heterocycles. The Bertz CT molecular complexity index is 793. The van der Waals surface area contributed by atoms with Crippen LogP contribution in [0.5, 0.6) is 11.5 Å². The van der Waals surface area contributed by atoms with Gasteiger partial charge < -0.3 is 14.8 Å². The average molecular weight is 333 g/mol. The zero-order chi connectivity index (χ0) is 17.6. The molecule has 0 fully saturated rings. The first kappa shape index (κ1) is 16.9. The standard InChI is InChI=1S/C22H23NO2/c1-16-10-7-8-13-18(16)21(17-11-5-4-6-12-17)23-19-14-9-15-20(24-2)22(19)25-3/h4-15,18,21,23H,1H2,2-3H3. The molecule has 0 saturated carbocycles. The first-order valence-corrected chi connectivity index (χ1v) is 8.30. The molecule has 2 atom stereocenters. The number of benzene rings is 2. The van der Waals surface area contributed by atoms with Gasteiger partial charge in [-0.3, -0.25) is 0 Å². The normalized spacial score (nSPS) is 17.2. The van der Waals surface area contributed by atoms with Gasteiger partial charge >= 0.3 is 0 Å². The van der Waals surface area contributed by atoms with Crippen molar-refractivity contribution >= 4 is 5.69 Å². The van der Waals surface area contributed by atoms with Crippen molar-refractivity contribution in [2.75, 3.05) is 19.5 Å². The molecule has 128 valence electrons. The first-order valence-electron chi connectivity index (χ1n) is 8.30. The van der Waals surface area contributed by atoms with Gasteiger partial charge in [0.2, 0.25) is 0 Å². The second kappa shape index (κ2) is 7.75. The van der Waals surface area contributed by atoms with Gasteiger partial charge in [0.05, 0.1) is 25.9 Å². The van der Waals surface area contributed by atoms with Crippen LogP contribution in [0.15, 0.2) is 85.0 Å². The third kappa shape index (κ3) is 3.61. The van der Waals surface area contributed by atoms with Gasteiger partial charge in [-0.2, -0.15) is 0 Å². The number of methoxy groups -OCH3 is 2. The highest BCUT2D eigenvalue weighted by molar-refractivity contribution is 5.64. The summed E-state index contributed by atoms with van der Waals surface area (Å²) in [4.78, 5) is 0. The minimum atomic E-state index is 0.0379. The molecule has 2 unspecified atom stereocenters. The van der Waals surface area contributed by atoms with Crippen molar-refractivity contribution in [3.05, 3.63) is 90.6 Å². The van der Waals surface area contributed by atoms with Crippen molar-refractivity contribution in [2.45, 2.75) is 6.04 Å². The van der Waals surface area contributed by atoms with Gasteiger partial charge in [0.25, 0.3) is 0 Å². The number of nitrogens with one attached hydrogen (secondary N) is 1. The average Bonchev–Trinajstić information content (AvgIpc) is 2.67. The topological polar surface area (TPSA) is 30.5 Å². The summed E-state index contributed by atoms with van der Waals surface area (Å²) in [5.41, 5.74) is 3.16. The lowest BCUT2D eigenvalue weighted by molar-refractivity contribution is 0.356. The van der Waals surface area contributed by atoms with Crippen molar-refractivity contribution < 1.29 is 9.47 Å². The van der Waals surface area contributed by atoms with Crippen LogP contribution in [0.2, 0.25) is 0 Å². The number of rotatable bonds is 6. The molecule has 0 spiro atoms. The van der Waals surface area contributed by atoms with E-state index in [1.54, 1.807) is 14.2 Å². The summed E-state index contributed by atoms with van der Waals surface area (Å²) >= 11 is 0. The largest absolute Gasteiger partial charge is 0.493 e. The molecule has 1 aliphatic carbocycles. The fraction of sp³-hybridized carbons (Fsp3) is 0.182. The fourth-order valence-corrected chi connectivity index (χ4v) is 3.13. The Labute approximate surface area is 149 Å². The number of hydrogen-bond acceptors (Lipinski definition) is 3. The van der Waals surface area contributed by atoms with E-state index in [2.05, 4.69) is 54.4 Å². The fourth-order valence-electron chi connectivity index (χ4n) is 3.13. The monoisotopic (exact) mass is 333 g/mol. The lowest BCUT2D eigenvalue weighted by Crippen LogP contribution is -2.22. The molecular formula is C22H23NO2. The molecule has 2 aromatic carbocycles. The van der Waals surface area contributed by atoms with E-state index in [9.17, 15) is 0 Å². The van der Waals surface area contributed by atoms with Crippen LogP contribution in [0.25, 0.3) is 0 Å². The molecule has 0 amide bonds. The predicted octanol–water partition coefficient (Wildman–Crippen LogP) is 5.16. The summed E-state index contributed by atoms with van der Waals surface area (Å²) in [5.74, 6) is 1.56. The summed E-state index contributed by atoms with van der Waals surface area (Å²) in [5, 5.41) is 3.64. The van der Waals surface area contributed by atoms with Gasteiger partial charge in [0.1, 0.15) is 0 Å². The van der Waals surface area contributed by atoms with Crippen molar-refractivity contribution in [3.63, 3.8) is 0 Å². The Kier molecular flexibility index (Phi) is 5.24. The lowest BCUT2D eigenvalue weighted by atomic mass is 9.84. The molecule has 3 nitrogen and oxygen atoms in total. The van der Waals surface area contributed by atoms with E-state index in [1.165, 1.54) is 5.56 Å². The SMILES string of the molecule is C=C1C=CC=CC1C(Nc1cccc(OC)c1OC)c1ccccc1. The quantitative estimate of drug-likeness (QED) is 0.792. The highest BCUT2D eigenvalue weighted by Crippen LogP contribution is 2.40. The summed E-state index contributed by atoms with van der Waals surface area (Å²) in [7, 11) is 3.30. The van der Waals surface area contributed by atoms with E-state index in [-0.39, 0.29) is 12.0 Å². The minimum absolute atomic E-state index is 0.0379. The molecule has 0 heterocycles. The molecule has 1 N–H and O–H groups in total. The van der Waals surface area contributed by atoms with Crippen LogP contribution in [0.3, 0.4) is 0 Å². The Morgan fingerprint density at radius 2 is 1.76 bits per heavy atom. The maximum absolute atomic E-state index is 5.58. The molecule has 2 aromatic rings. The Hall–Kier alpha value is -2.94. The summed E-state index contributed by atoms with van der Waals surface area (Å²) in [6.07, 6.45) is 8.33. The number of para-hydroxylation sites is 1. The van der Waals surface area contributed by atoms with E-state index < -0.39 is 0 Å². The van der Waals surface area contributed by atoms with E-state index in [1.807, 2.05) is 30.3 Å². The molecule has 3 rings (SSSR count). The Balaban J connectivity index is 2.01. The third-order valence-corrected chi connectivity index (χ3v) is 4.40. The van der Waals surface area contributed by atoms with Crippen LogP contribution >= 0.6 is 0 Å². The van der Waals surface area contributed by atoms with E-state index >= 15 is 0 Å². The molecule has 0 radical (unpaired) electrons. The highest BCUT2D eigenvalue weighted by atomic mass is 16.5.